The minimum atomic E-state index is 0.0575. The van der Waals surface area contributed by atoms with Gasteiger partial charge in [0.05, 0.1) is 34.0 Å². The van der Waals surface area contributed by atoms with E-state index < -0.39 is 0 Å². The molecular weight excluding hydrogens is 384 g/mol. The molecule has 29 heavy (non-hydrogen) atoms. The number of hydrogen-bond acceptors (Lipinski definition) is 5. The second-order valence-electron chi connectivity index (χ2n) is 7.89. The Hall–Kier alpha value is -2.15. The Morgan fingerprint density at radius 3 is 2.79 bits per heavy atom. The minimum Gasteiger partial charge on any atom is -0.367 e. The number of hydrogen-bond donors (Lipinski definition) is 2. The third kappa shape index (κ3) is 4.25. The van der Waals surface area contributed by atoms with Crippen molar-refractivity contribution in [1.82, 2.24) is 20.2 Å². The van der Waals surface area contributed by atoms with Gasteiger partial charge in [0.25, 0.3) is 0 Å². The lowest BCUT2D eigenvalue weighted by Crippen LogP contribution is -2.44. The number of piperazine rings is 1. The van der Waals surface area contributed by atoms with Crippen LogP contribution in [0.1, 0.15) is 31.1 Å². The van der Waals surface area contributed by atoms with Gasteiger partial charge < -0.3 is 14.8 Å². The topological polar surface area (TPSA) is 59.6 Å². The van der Waals surface area contributed by atoms with Gasteiger partial charge in [-0.2, -0.15) is 0 Å². The van der Waals surface area contributed by atoms with Crippen LogP contribution in [0.25, 0.3) is 11.0 Å². The molecule has 6 nitrogen and oxygen atoms in total. The summed E-state index contributed by atoms with van der Waals surface area (Å²) >= 11 is 6.19. The third-order valence-electron chi connectivity index (χ3n) is 5.91. The molecule has 154 valence electrons. The maximum Gasteiger partial charge on any atom is 0.124 e. The SMILES string of the molecule is C=CN=C(C(=C)Cl)C1CCCC(c2nc3c(N4CCN(C)CC4)cccc3[nH]2)N1. The highest BCUT2D eigenvalue weighted by atomic mass is 35.5. The van der Waals surface area contributed by atoms with Gasteiger partial charge in [0.1, 0.15) is 11.3 Å². The molecule has 2 atom stereocenters. The van der Waals surface area contributed by atoms with Crippen molar-refractivity contribution in [1.29, 1.82) is 0 Å². The molecule has 1 aromatic heterocycles. The Morgan fingerprint density at radius 1 is 1.28 bits per heavy atom. The molecule has 3 heterocycles. The first-order chi connectivity index (χ1) is 14.1. The fourth-order valence-electron chi connectivity index (χ4n) is 4.32. The number of H-pyrrole nitrogens is 1. The zero-order valence-corrected chi connectivity index (χ0v) is 17.8. The summed E-state index contributed by atoms with van der Waals surface area (Å²) in [4.78, 5) is 17.7. The summed E-state index contributed by atoms with van der Waals surface area (Å²) in [7, 11) is 2.18. The number of benzene rings is 1. The molecule has 0 spiro atoms. The number of nitrogens with one attached hydrogen (secondary N) is 2. The first-order valence-electron chi connectivity index (χ1n) is 10.3. The van der Waals surface area contributed by atoms with Crippen LogP contribution >= 0.6 is 11.6 Å². The normalized spacial score (nSPS) is 24.1. The maximum atomic E-state index is 6.19. The van der Waals surface area contributed by atoms with Crippen molar-refractivity contribution in [2.75, 3.05) is 38.1 Å². The highest BCUT2D eigenvalue weighted by Gasteiger charge is 2.29. The van der Waals surface area contributed by atoms with Gasteiger partial charge in [-0.15, -0.1) is 0 Å². The summed E-state index contributed by atoms with van der Waals surface area (Å²) in [6, 6.07) is 6.59. The first kappa shape index (κ1) is 20.1. The molecule has 2 N–H and O–H groups in total. The molecule has 0 radical (unpaired) electrons. The average molecular weight is 413 g/mol. The lowest BCUT2D eigenvalue weighted by atomic mass is 9.95. The fraction of sp³-hybridized carbons (Fsp3) is 0.455. The summed E-state index contributed by atoms with van der Waals surface area (Å²) in [5.41, 5.74) is 4.12. The number of anilines is 1. The number of imidazole rings is 1. The van der Waals surface area contributed by atoms with E-state index in [2.05, 4.69) is 63.5 Å². The number of nitrogens with zero attached hydrogens (tertiary/aromatic N) is 4. The van der Waals surface area contributed by atoms with Crippen LogP contribution in [0.2, 0.25) is 0 Å². The number of likely N-dealkylation sites (N-methyl/N-ethyl adjacent to an activating group) is 1. The van der Waals surface area contributed by atoms with Crippen molar-refractivity contribution in [3.8, 4) is 0 Å². The standard InChI is InChI=1S/C22H29ClN6/c1-4-24-20(15(2)23)16-7-5-9-18(25-16)22-26-17-8-6-10-19(21(17)27-22)29-13-11-28(3)12-14-29/h4,6,8,10,16,18,25H,1-2,5,7,9,11-14H2,3H3,(H,26,27). The van der Waals surface area contributed by atoms with Crippen LogP contribution in [0, 0.1) is 0 Å². The number of para-hydroxylation sites is 1. The van der Waals surface area contributed by atoms with E-state index in [4.69, 9.17) is 16.6 Å². The molecule has 2 aliphatic rings. The van der Waals surface area contributed by atoms with E-state index >= 15 is 0 Å². The zero-order chi connectivity index (χ0) is 20.4. The molecule has 7 heteroatoms. The highest BCUT2D eigenvalue weighted by Crippen LogP contribution is 2.31. The van der Waals surface area contributed by atoms with E-state index in [9.17, 15) is 0 Å². The lowest BCUT2D eigenvalue weighted by molar-refractivity contribution is 0.313. The minimum absolute atomic E-state index is 0.0575. The number of rotatable bonds is 5. The summed E-state index contributed by atoms with van der Waals surface area (Å²) < 4.78 is 0. The van der Waals surface area contributed by atoms with E-state index in [1.54, 1.807) is 0 Å². The second kappa shape index (κ2) is 8.69. The van der Waals surface area contributed by atoms with Gasteiger partial charge in [0, 0.05) is 32.4 Å². The van der Waals surface area contributed by atoms with E-state index in [1.807, 2.05) is 0 Å². The first-order valence-corrected chi connectivity index (χ1v) is 10.7. The van der Waals surface area contributed by atoms with Crippen LogP contribution in [0.4, 0.5) is 5.69 Å². The highest BCUT2D eigenvalue weighted by molar-refractivity contribution is 6.44. The third-order valence-corrected chi connectivity index (χ3v) is 6.10. The number of aliphatic imine (C=N–C) groups is 1. The van der Waals surface area contributed by atoms with Crippen LogP contribution in [0.3, 0.4) is 0 Å². The number of aromatic nitrogens is 2. The van der Waals surface area contributed by atoms with Gasteiger partial charge in [-0.3, -0.25) is 10.3 Å². The molecule has 2 saturated heterocycles. The molecule has 2 aliphatic heterocycles. The molecule has 0 amide bonds. The number of piperidine rings is 1. The van der Waals surface area contributed by atoms with Crippen molar-refractivity contribution in [3.05, 3.63) is 48.4 Å². The molecule has 0 saturated carbocycles. The van der Waals surface area contributed by atoms with E-state index in [0.29, 0.717) is 5.03 Å². The van der Waals surface area contributed by atoms with Gasteiger partial charge in [0.15, 0.2) is 0 Å². The lowest BCUT2D eigenvalue weighted by Gasteiger charge is -2.34. The monoisotopic (exact) mass is 412 g/mol. The number of fused-ring (bicyclic) bond motifs is 1. The predicted octanol–water partition coefficient (Wildman–Crippen LogP) is 3.83. The molecule has 0 bridgehead atoms. The largest absolute Gasteiger partial charge is 0.367 e. The summed E-state index contributed by atoms with van der Waals surface area (Å²) in [5.74, 6) is 0.976. The van der Waals surface area contributed by atoms with Crippen LogP contribution in [-0.2, 0) is 0 Å². The summed E-state index contributed by atoms with van der Waals surface area (Å²) in [6.07, 6.45) is 4.60. The van der Waals surface area contributed by atoms with Gasteiger partial charge in [-0.1, -0.05) is 30.8 Å². The molecule has 2 fully saturated rings. The molecular formula is C22H29ClN6. The Labute approximate surface area is 177 Å². The molecule has 0 aliphatic carbocycles. The van der Waals surface area contributed by atoms with Gasteiger partial charge in [-0.25, -0.2) is 4.98 Å². The van der Waals surface area contributed by atoms with E-state index in [0.717, 1.165) is 68.0 Å². The van der Waals surface area contributed by atoms with Gasteiger partial charge >= 0.3 is 0 Å². The Kier molecular flexibility index (Phi) is 6.04. The molecule has 2 aromatic rings. The van der Waals surface area contributed by atoms with E-state index in [-0.39, 0.29) is 12.1 Å². The molecule has 2 unspecified atom stereocenters. The maximum absolute atomic E-state index is 6.19. The number of aromatic amines is 1. The zero-order valence-electron chi connectivity index (χ0n) is 17.0. The summed E-state index contributed by atoms with van der Waals surface area (Å²) in [6.45, 7) is 11.8. The van der Waals surface area contributed by atoms with Crippen molar-refractivity contribution in [3.63, 3.8) is 0 Å². The van der Waals surface area contributed by atoms with E-state index in [1.165, 1.54) is 11.9 Å². The van der Waals surface area contributed by atoms with Crippen LogP contribution < -0.4 is 10.2 Å². The molecule has 1 aromatic carbocycles. The quantitative estimate of drug-likeness (QED) is 0.732. The second-order valence-corrected chi connectivity index (χ2v) is 8.35. The van der Waals surface area contributed by atoms with Crippen LogP contribution in [0.15, 0.2) is 47.6 Å². The van der Waals surface area contributed by atoms with Gasteiger partial charge in [-0.05, 0) is 38.4 Å². The summed E-state index contributed by atoms with van der Waals surface area (Å²) in [5, 5.41) is 4.13. The van der Waals surface area contributed by atoms with Crippen LogP contribution in [-0.4, -0.2) is 59.8 Å². The van der Waals surface area contributed by atoms with Crippen LogP contribution in [0.5, 0.6) is 0 Å². The Bertz CT molecular complexity index is 925. The Morgan fingerprint density at radius 2 is 2.07 bits per heavy atom. The fourth-order valence-corrected chi connectivity index (χ4v) is 4.50. The predicted molar refractivity (Wildman–Crippen MR) is 122 cm³/mol. The molecule has 4 rings (SSSR count). The number of halogens is 1. The van der Waals surface area contributed by atoms with Crippen molar-refractivity contribution in [2.24, 2.45) is 4.99 Å². The average Bonchev–Trinajstić information content (AvgIpc) is 3.17. The van der Waals surface area contributed by atoms with Gasteiger partial charge in [0.2, 0.25) is 0 Å². The smallest absolute Gasteiger partial charge is 0.124 e. The Balaban J connectivity index is 1.59. The van der Waals surface area contributed by atoms with Crippen molar-refractivity contribution in [2.45, 2.75) is 31.3 Å². The van der Waals surface area contributed by atoms with Crippen molar-refractivity contribution < 1.29 is 0 Å². The van der Waals surface area contributed by atoms with Crippen molar-refractivity contribution >= 4 is 34.0 Å².